The third kappa shape index (κ3) is 7.36. The van der Waals surface area contributed by atoms with Crippen LogP contribution < -0.4 is 27.2 Å². The van der Waals surface area contributed by atoms with Gasteiger partial charge in [0, 0.05) is 25.3 Å². The van der Waals surface area contributed by atoms with E-state index in [4.69, 9.17) is 10.5 Å². The molecule has 4 N–H and O–H groups in total. The molecule has 10 heteroatoms. The number of anilines is 3. The number of allylic oxidation sites excluding steroid dienone is 1. The summed E-state index contributed by atoms with van der Waals surface area (Å²) < 4.78 is 6.62. The van der Waals surface area contributed by atoms with Crippen molar-refractivity contribution in [3.63, 3.8) is 0 Å². The molecule has 38 heavy (non-hydrogen) atoms. The quantitative estimate of drug-likeness (QED) is 0.267. The monoisotopic (exact) mass is 525 g/mol. The number of nitrogen functional groups attached to an aromatic ring is 1. The summed E-state index contributed by atoms with van der Waals surface area (Å²) in [7, 11) is 0. The van der Waals surface area contributed by atoms with Crippen molar-refractivity contribution in [2.24, 2.45) is 0 Å². The first-order valence-electron chi connectivity index (χ1n) is 13.5. The Morgan fingerprint density at radius 1 is 1.16 bits per heavy atom. The summed E-state index contributed by atoms with van der Waals surface area (Å²) in [6.07, 6.45) is 9.86. The van der Waals surface area contributed by atoms with Crippen molar-refractivity contribution in [3.05, 3.63) is 62.3 Å². The highest BCUT2D eigenvalue weighted by Crippen LogP contribution is 2.22. The van der Waals surface area contributed by atoms with Crippen LogP contribution in [0.3, 0.4) is 0 Å². The van der Waals surface area contributed by atoms with Gasteiger partial charge in [0.25, 0.3) is 11.5 Å². The number of hydrogen-bond acceptors (Lipinski definition) is 7. The van der Waals surface area contributed by atoms with Gasteiger partial charge in [0.2, 0.25) is 0 Å². The predicted molar refractivity (Wildman–Crippen MR) is 150 cm³/mol. The van der Waals surface area contributed by atoms with Crippen molar-refractivity contribution in [1.82, 2.24) is 9.55 Å². The molecule has 0 spiro atoms. The minimum atomic E-state index is -0.752. The number of benzene rings is 1. The van der Waals surface area contributed by atoms with Crippen LogP contribution in [0, 0.1) is 0 Å². The zero-order chi connectivity index (χ0) is 27.5. The molecule has 0 unspecified atom stereocenters. The summed E-state index contributed by atoms with van der Waals surface area (Å²) in [6, 6.07) is 7.01. The third-order valence-electron chi connectivity index (χ3n) is 6.59. The van der Waals surface area contributed by atoms with Gasteiger partial charge in [-0.3, -0.25) is 19.1 Å². The summed E-state index contributed by atoms with van der Waals surface area (Å²) in [5.74, 6) is -1.33. The molecular weight excluding hydrogens is 486 g/mol. The number of aromatic nitrogens is 2. The summed E-state index contributed by atoms with van der Waals surface area (Å²) in [6.45, 7) is 4.42. The van der Waals surface area contributed by atoms with Gasteiger partial charge >= 0.3 is 11.7 Å². The lowest BCUT2D eigenvalue weighted by atomic mass is 9.97. The summed E-state index contributed by atoms with van der Waals surface area (Å²) in [5.41, 5.74) is 7.09. The standard InChI is InChI=1S/C28H39N5O5/c1-3-5-18-32(24-25(29)33(17-4-2)28(37)31-26(24)35)23(34)19-38-27(36)21-13-9-10-14-22(21)30-16-15-20-11-7-6-8-12-20/h9-11,13-14,30H,3-8,12,15-19,29H2,1-2H3,(H,31,35,37). The Bertz CT molecular complexity index is 1260. The number of hydrogen-bond donors (Lipinski definition) is 3. The van der Waals surface area contributed by atoms with Crippen LogP contribution in [0.5, 0.6) is 0 Å². The molecule has 1 aromatic heterocycles. The number of carbonyl (C=O) groups is 2. The second kappa shape index (κ2) is 14.2. The maximum atomic E-state index is 13.2. The van der Waals surface area contributed by atoms with Gasteiger partial charge in [-0.25, -0.2) is 9.59 Å². The smallest absolute Gasteiger partial charge is 0.340 e. The number of esters is 1. The van der Waals surface area contributed by atoms with Gasteiger partial charge in [0.15, 0.2) is 12.3 Å². The van der Waals surface area contributed by atoms with Gasteiger partial charge < -0.3 is 20.7 Å². The van der Waals surface area contributed by atoms with Crippen molar-refractivity contribution >= 4 is 29.1 Å². The molecular formula is C28H39N5O5. The minimum absolute atomic E-state index is 0.0843. The van der Waals surface area contributed by atoms with Crippen LogP contribution in [-0.2, 0) is 16.1 Å². The molecule has 3 rings (SSSR count). The van der Waals surface area contributed by atoms with E-state index >= 15 is 0 Å². The Morgan fingerprint density at radius 3 is 2.66 bits per heavy atom. The molecule has 2 aromatic rings. The van der Waals surface area contributed by atoms with E-state index in [0.29, 0.717) is 37.2 Å². The molecule has 0 saturated carbocycles. The van der Waals surface area contributed by atoms with E-state index in [2.05, 4.69) is 16.4 Å². The molecule has 1 amide bonds. The van der Waals surface area contributed by atoms with Crippen molar-refractivity contribution in [2.75, 3.05) is 35.6 Å². The zero-order valence-corrected chi connectivity index (χ0v) is 22.4. The molecule has 206 valence electrons. The minimum Gasteiger partial charge on any atom is -0.452 e. The number of ether oxygens (including phenoxy) is 1. The van der Waals surface area contributed by atoms with Crippen molar-refractivity contribution in [3.8, 4) is 0 Å². The Morgan fingerprint density at radius 2 is 1.95 bits per heavy atom. The zero-order valence-electron chi connectivity index (χ0n) is 22.4. The fourth-order valence-electron chi connectivity index (χ4n) is 4.55. The van der Waals surface area contributed by atoms with Crippen LogP contribution in [0.4, 0.5) is 17.2 Å². The summed E-state index contributed by atoms with van der Waals surface area (Å²) >= 11 is 0. The van der Waals surface area contributed by atoms with E-state index in [-0.39, 0.29) is 18.1 Å². The molecule has 1 aliphatic carbocycles. The molecule has 1 aromatic carbocycles. The number of unbranched alkanes of at least 4 members (excludes halogenated alkanes) is 1. The molecule has 0 fully saturated rings. The van der Waals surface area contributed by atoms with E-state index < -0.39 is 29.7 Å². The number of nitrogens with two attached hydrogens (primary N) is 1. The molecule has 0 bridgehead atoms. The predicted octanol–water partition coefficient (Wildman–Crippen LogP) is 3.82. The van der Waals surface area contributed by atoms with E-state index in [1.165, 1.54) is 27.9 Å². The maximum Gasteiger partial charge on any atom is 0.340 e. The Hall–Kier alpha value is -3.82. The van der Waals surface area contributed by atoms with Gasteiger partial charge in [-0.05, 0) is 57.1 Å². The van der Waals surface area contributed by atoms with Crippen LogP contribution in [-0.4, -0.2) is 41.1 Å². The highest BCUT2D eigenvalue weighted by atomic mass is 16.5. The first-order valence-corrected chi connectivity index (χ1v) is 13.5. The SMILES string of the molecule is CCCCN(C(=O)COC(=O)c1ccccc1NCCC1=CCCCC1)c1c(N)n(CCC)c(=O)[nH]c1=O. The average Bonchev–Trinajstić information content (AvgIpc) is 2.92. The molecule has 0 atom stereocenters. The van der Waals surface area contributed by atoms with E-state index in [1.807, 2.05) is 19.9 Å². The van der Waals surface area contributed by atoms with Crippen molar-refractivity contribution in [1.29, 1.82) is 0 Å². The normalized spacial score (nSPS) is 13.1. The van der Waals surface area contributed by atoms with Gasteiger partial charge in [-0.15, -0.1) is 0 Å². The summed E-state index contributed by atoms with van der Waals surface area (Å²) in [4.78, 5) is 54.5. The third-order valence-corrected chi connectivity index (χ3v) is 6.59. The fraction of sp³-hybridized carbons (Fsp3) is 0.500. The number of amides is 1. The molecule has 0 saturated heterocycles. The van der Waals surface area contributed by atoms with Gasteiger partial charge in [-0.2, -0.15) is 0 Å². The Labute approximate surface area is 222 Å². The average molecular weight is 526 g/mol. The number of para-hydroxylation sites is 1. The molecule has 0 aliphatic heterocycles. The highest BCUT2D eigenvalue weighted by molar-refractivity contribution is 6.00. The number of H-pyrrole nitrogens is 1. The second-order valence-corrected chi connectivity index (χ2v) is 9.45. The maximum absolute atomic E-state index is 13.2. The highest BCUT2D eigenvalue weighted by Gasteiger charge is 2.25. The van der Waals surface area contributed by atoms with Crippen LogP contribution in [0.1, 0.15) is 75.6 Å². The topological polar surface area (TPSA) is 140 Å². The number of rotatable bonds is 13. The number of nitrogens with zero attached hydrogens (tertiary/aromatic N) is 2. The van der Waals surface area contributed by atoms with Crippen LogP contribution >= 0.6 is 0 Å². The Balaban J connectivity index is 1.72. The molecule has 0 radical (unpaired) electrons. The fourth-order valence-corrected chi connectivity index (χ4v) is 4.55. The molecule has 10 nitrogen and oxygen atoms in total. The molecule has 1 heterocycles. The van der Waals surface area contributed by atoms with E-state index in [0.717, 1.165) is 25.7 Å². The van der Waals surface area contributed by atoms with E-state index in [9.17, 15) is 19.2 Å². The number of carbonyl (C=O) groups excluding carboxylic acids is 2. The first kappa shape index (κ1) is 28.7. The lowest BCUT2D eigenvalue weighted by molar-refractivity contribution is -0.121. The second-order valence-electron chi connectivity index (χ2n) is 9.45. The molecule has 1 aliphatic rings. The number of aromatic amines is 1. The largest absolute Gasteiger partial charge is 0.452 e. The van der Waals surface area contributed by atoms with E-state index in [1.54, 1.807) is 18.2 Å². The van der Waals surface area contributed by atoms with Crippen molar-refractivity contribution in [2.45, 2.75) is 71.8 Å². The Kier molecular flexibility index (Phi) is 10.7. The van der Waals surface area contributed by atoms with Crippen LogP contribution in [0.2, 0.25) is 0 Å². The lowest BCUT2D eigenvalue weighted by Crippen LogP contribution is -2.43. The lowest BCUT2D eigenvalue weighted by Gasteiger charge is -2.24. The van der Waals surface area contributed by atoms with Crippen LogP contribution in [0.15, 0.2) is 45.5 Å². The van der Waals surface area contributed by atoms with Crippen molar-refractivity contribution < 1.29 is 14.3 Å². The van der Waals surface area contributed by atoms with Gasteiger partial charge in [0.1, 0.15) is 5.82 Å². The van der Waals surface area contributed by atoms with Crippen LogP contribution in [0.25, 0.3) is 0 Å². The van der Waals surface area contributed by atoms with Gasteiger partial charge in [-0.1, -0.05) is 44.1 Å². The number of nitrogens with one attached hydrogen (secondary N) is 2. The summed E-state index contributed by atoms with van der Waals surface area (Å²) in [5, 5.41) is 3.31. The first-order chi connectivity index (χ1) is 18.4. The van der Waals surface area contributed by atoms with Gasteiger partial charge in [0.05, 0.1) is 5.56 Å².